The number of aromatic nitrogens is 2. The zero-order valence-corrected chi connectivity index (χ0v) is 9.82. The summed E-state index contributed by atoms with van der Waals surface area (Å²) in [6.45, 7) is 4.34. The van der Waals surface area contributed by atoms with E-state index in [4.69, 9.17) is 0 Å². The second kappa shape index (κ2) is 4.23. The molecule has 0 radical (unpaired) electrons. The quantitative estimate of drug-likeness (QED) is 0.784. The maximum atomic E-state index is 4.39. The Morgan fingerprint density at radius 1 is 1.53 bits per heavy atom. The fourth-order valence-corrected chi connectivity index (χ4v) is 2.33. The monoisotopic (exact) mass is 208 g/mol. The van der Waals surface area contributed by atoms with Crippen LogP contribution in [-0.2, 0) is 7.05 Å². The fraction of sp³-hybridized carbons (Fsp3) is 0.727. The van der Waals surface area contributed by atoms with Crippen LogP contribution >= 0.6 is 0 Å². The van der Waals surface area contributed by atoms with E-state index >= 15 is 0 Å². The molecule has 1 aliphatic heterocycles. The molecule has 1 atom stereocenters. The number of nitrogens with one attached hydrogen (secondary N) is 1. The van der Waals surface area contributed by atoms with Crippen molar-refractivity contribution in [3.05, 3.63) is 11.9 Å². The molecule has 0 aromatic carbocycles. The van der Waals surface area contributed by atoms with Gasteiger partial charge in [-0.2, -0.15) is 5.10 Å². The van der Waals surface area contributed by atoms with Gasteiger partial charge in [-0.05, 0) is 26.8 Å². The Bertz CT molecular complexity index is 331. The van der Waals surface area contributed by atoms with Crippen molar-refractivity contribution >= 4 is 5.69 Å². The molecule has 1 aliphatic rings. The van der Waals surface area contributed by atoms with Crippen molar-refractivity contribution in [1.29, 1.82) is 0 Å². The minimum absolute atomic E-state index is 0.623. The lowest BCUT2D eigenvalue weighted by molar-refractivity contribution is 0.449. The summed E-state index contributed by atoms with van der Waals surface area (Å²) in [5.74, 6) is 0. The highest BCUT2D eigenvalue weighted by Crippen LogP contribution is 2.22. The highest BCUT2D eigenvalue weighted by molar-refractivity contribution is 5.49. The Kier molecular flexibility index (Phi) is 2.95. The standard InChI is InChI=1S/C11H20N4/c1-9-11(8-14(3)13-9)15-6-4-5-10(7-15)12-2/h8,10,12H,4-7H2,1-3H3. The summed E-state index contributed by atoms with van der Waals surface area (Å²) in [7, 11) is 4.03. The Balaban J connectivity index is 2.13. The molecule has 84 valence electrons. The first kappa shape index (κ1) is 10.5. The van der Waals surface area contributed by atoms with Crippen LogP contribution < -0.4 is 10.2 Å². The van der Waals surface area contributed by atoms with E-state index in [9.17, 15) is 0 Å². The average molecular weight is 208 g/mol. The third-order valence-electron chi connectivity index (χ3n) is 3.16. The molecule has 4 heteroatoms. The molecule has 4 nitrogen and oxygen atoms in total. The highest BCUT2D eigenvalue weighted by Gasteiger charge is 2.20. The molecule has 2 rings (SSSR count). The number of hydrogen-bond donors (Lipinski definition) is 1. The summed E-state index contributed by atoms with van der Waals surface area (Å²) in [4.78, 5) is 2.44. The van der Waals surface area contributed by atoms with Gasteiger partial charge in [-0.25, -0.2) is 0 Å². The van der Waals surface area contributed by atoms with Crippen LogP contribution in [-0.4, -0.2) is 36.0 Å². The number of likely N-dealkylation sites (N-methyl/N-ethyl adjacent to an activating group) is 1. The molecule has 0 saturated carbocycles. The maximum Gasteiger partial charge on any atom is 0.0827 e. The number of nitrogens with zero attached hydrogens (tertiary/aromatic N) is 3. The van der Waals surface area contributed by atoms with E-state index in [-0.39, 0.29) is 0 Å². The minimum atomic E-state index is 0.623. The third-order valence-corrected chi connectivity index (χ3v) is 3.16. The van der Waals surface area contributed by atoms with Crippen LogP contribution in [0.3, 0.4) is 0 Å². The zero-order chi connectivity index (χ0) is 10.8. The smallest absolute Gasteiger partial charge is 0.0827 e. The Morgan fingerprint density at radius 2 is 2.33 bits per heavy atom. The molecule has 0 spiro atoms. The van der Waals surface area contributed by atoms with Crippen molar-refractivity contribution in [3.63, 3.8) is 0 Å². The highest BCUT2D eigenvalue weighted by atomic mass is 15.3. The van der Waals surface area contributed by atoms with Crippen LogP contribution in [0, 0.1) is 6.92 Å². The maximum absolute atomic E-state index is 4.39. The van der Waals surface area contributed by atoms with Gasteiger partial charge in [0.1, 0.15) is 0 Å². The SMILES string of the molecule is CNC1CCCN(c2cn(C)nc2C)C1. The molecular weight excluding hydrogens is 188 g/mol. The Hall–Kier alpha value is -1.03. The number of aryl methyl sites for hydroxylation is 2. The van der Waals surface area contributed by atoms with Crippen LogP contribution in [0.5, 0.6) is 0 Å². The lowest BCUT2D eigenvalue weighted by atomic mass is 10.1. The van der Waals surface area contributed by atoms with Gasteiger partial charge in [0.25, 0.3) is 0 Å². The molecule has 1 N–H and O–H groups in total. The van der Waals surface area contributed by atoms with E-state index in [1.165, 1.54) is 18.5 Å². The predicted molar refractivity (Wildman–Crippen MR) is 62.2 cm³/mol. The predicted octanol–water partition coefficient (Wildman–Crippen LogP) is 0.917. The van der Waals surface area contributed by atoms with E-state index < -0.39 is 0 Å². The Morgan fingerprint density at radius 3 is 2.93 bits per heavy atom. The summed E-state index contributed by atoms with van der Waals surface area (Å²) in [5.41, 5.74) is 2.42. The molecular formula is C11H20N4. The van der Waals surface area contributed by atoms with Crippen molar-refractivity contribution < 1.29 is 0 Å². The molecule has 1 aromatic heterocycles. The topological polar surface area (TPSA) is 33.1 Å². The van der Waals surface area contributed by atoms with Gasteiger partial charge in [-0.1, -0.05) is 0 Å². The number of rotatable bonds is 2. The molecule has 1 unspecified atom stereocenters. The first-order valence-electron chi connectivity index (χ1n) is 5.63. The lowest BCUT2D eigenvalue weighted by Crippen LogP contribution is -2.44. The van der Waals surface area contributed by atoms with Crippen LogP contribution in [0.1, 0.15) is 18.5 Å². The summed E-state index contributed by atoms with van der Waals surface area (Å²) in [6, 6.07) is 0.623. The van der Waals surface area contributed by atoms with Crippen molar-refractivity contribution in [2.75, 3.05) is 25.0 Å². The van der Waals surface area contributed by atoms with E-state index in [1.54, 1.807) is 0 Å². The van der Waals surface area contributed by atoms with Crippen molar-refractivity contribution in [3.8, 4) is 0 Å². The average Bonchev–Trinajstić information content (AvgIpc) is 2.58. The van der Waals surface area contributed by atoms with Gasteiger partial charge in [0.05, 0.1) is 11.4 Å². The molecule has 0 bridgehead atoms. The van der Waals surface area contributed by atoms with Crippen LogP contribution in [0.15, 0.2) is 6.20 Å². The molecule has 1 fully saturated rings. The molecule has 0 amide bonds. The molecule has 0 aliphatic carbocycles. The fourth-order valence-electron chi connectivity index (χ4n) is 2.33. The summed E-state index contributed by atoms with van der Waals surface area (Å²) >= 11 is 0. The van der Waals surface area contributed by atoms with Crippen molar-refractivity contribution in [2.24, 2.45) is 7.05 Å². The number of hydrogen-bond acceptors (Lipinski definition) is 3. The minimum Gasteiger partial charge on any atom is -0.367 e. The van der Waals surface area contributed by atoms with Gasteiger partial charge in [-0.3, -0.25) is 4.68 Å². The summed E-state index contributed by atoms with van der Waals surface area (Å²) in [5, 5.41) is 7.75. The zero-order valence-electron chi connectivity index (χ0n) is 9.82. The normalized spacial score (nSPS) is 22.1. The first-order chi connectivity index (χ1) is 7.20. The van der Waals surface area contributed by atoms with Gasteiger partial charge < -0.3 is 10.2 Å². The first-order valence-corrected chi connectivity index (χ1v) is 5.63. The van der Waals surface area contributed by atoms with Gasteiger partial charge in [0, 0.05) is 32.4 Å². The van der Waals surface area contributed by atoms with E-state index in [2.05, 4.69) is 28.4 Å². The van der Waals surface area contributed by atoms with Gasteiger partial charge in [-0.15, -0.1) is 0 Å². The molecule has 1 aromatic rings. The second-order valence-corrected chi connectivity index (χ2v) is 4.35. The second-order valence-electron chi connectivity index (χ2n) is 4.35. The van der Waals surface area contributed by atoms with E-state index in [1.807, 2.05) is 18.8 Å². The number of piperidine rings is 1. The van der Waals surface area contributed by atoms with E-state index in [0.717, 1.165) is 18.8 Å². The Labute approximate surface area is 91.3 Å². The lowest BCUT2D eigenvalue weighted by Gasteiger charge is -2.33. The van der Waals surface area contributed by atoms with E-state index in [0.29, 0.717) is 6.04 Å². The summed E-state index contributed by atoms with van der Waals surface area (Å²) < 4.78 is 1.90. The largest absolute Gasteiger partial charge is 0.367 e. The van der Waals surface area contributed by atoms with Crippen LogP contribution in [0.4, 0.5) is 5.69 Å². The van der Waals surface area contributed by atoms with Gasteiger partial charge >= 0.3 is 0 Å². The molecule has 15 heavy (non-hydrogen) atoms. The number of anilines is 1. The van der Waals surface area contributed by atoms with Crippen molar-refractivity contribution in [1.82, 2.24) is 15.1 Å². The third kappa shape index (κ3) is 2.15. The van der Waals surface area contributed by atoms with Gasteiger partial charge in [0.2, 0.25) is 0 Å². The molecule has 2 heterocycles. The van der Waals surface area contributed by atoms with Crippen molar-refractivity contribution in [2.45, 2.75) is 25.8 Å². The van der Waals surface area contributed by atoms with Crippen LogP contribution in [0.2, 0.25) is 0 Å². The van der Waals surface area contributed by atoms with Crippen LogP contribution in [0.25, 0.3) is 0 Å². The molecule has 1 saturated heterocycles. The van der Waals surface area contributed by atoms with Gasteiger partial charge in [0.15, 0.2) is 0 Å². The summed E-state index contributed by atoms with van der Waals surface area (Å²) in [6.07, 6.45) is 4.67.